The molecule has 0 saturated carbocycles. The summed E-state index contributed by atoms with van der Waals surface area (Å²) in [6.07, 6.45) is 1.29. The molecule has 0 atom stereocenters. The molecule has 5 nitrogen and oxygen atoms in total. The molecule has 2 rings (SSSR count). The van der Waals surface area contributed by atoms with Crippen molar-refractivity contribution in [3.63, 3.8) is 0 Å². The van der Waals surface area contributed by atoms with Crippen LogP contribution in [0.15, 0.2) is 29.2 Å². The Kier molecular flexibility index (Phi) is 2.44. The van der Waals surface area contributed by atoms with Gasteiger partial charge in [0.1, 0.15) is 0 Å². The number of pyridine rings is 1. The molecule has 0 bridgehead atoms. The molecule has 0 spiro atoms. The summed E-state index contributed by atoms with van der Waals surface area (Å²) in [5, 5.41) is 10.3. The second-order valence-corrected chi connectivity index (χ2v) is 3.26. The molecule has 1 heterocycles. The van der Waals surface area contributed by atoms with Crippen LogP contribution in [0.1, 0.15) is 0 Å². The zero-order valence-corrected chi connectivity index (χ0v) is 8.93. The largest absolute Gasteiger partial charge is 0.493 e. The average Bonchev–Trinajstić information content (AvgIpc) is 2.32. The highest BCUT2D eigenvalue weighted by molar-refractivity contribution is 5.85. The molecule has 2 aromatic rings. The Morgan fingerprint density at radius 3 is 2.44 bits per heavy atom. The summed E-state index contributed by atoms with van der Waals surface area (Å²) in [5.41, 5.74) is -0.488. The molecular weight excluding hydrogens is 210 g/mol. The van der Waals surface area contributed by atoms with Crippen LogP contribution in [0.2, 0.25) is 0 Å². The molecule has 0 aliphatic rings. The van der Waals surface area contributed by atoms with Crippen molar-refractivity contribution in [3.05, 3.63) is 34.7 Å². The fourth-order valence-electron chi connectivity index (χ4n) is 1.56. The summed E-state index contributed by atoms with van der Waals surface area (Å²) in [7, 11) is 3.01. The summed E-state index contributed by atoms with van der Waals surface area (Å²) in [6, 6.07) is 4.86. The van der Waals surface area contributed by atoms with E-state index in [-0.39, 0.29) is 0 Å². The van der Waals surface area contributed by atoms with Crippen molar-refractivity contribution in [3.8, 4) is 11.5 Å². The van der Waals surface area contributed by atoms with Crippen molar-refractivity contribution < 1.29 is 14.7 Å². The van der Waals surface area contributed by atoms with E-state index in [1.807, 2.05) is 0 Å². The van der Waals surface area contributed by atoms with Crippen LogP contribution in [0.25, 0.3) is 10.8 Å². The topological polar surface area (TPSA) is 60.7 Å². The summed E-state index contributed by atoms with van der Waals surface area (Å²) in [5.74, 6) is 1.00. The molecule has 5 heteroatoms. The Labute approximate surface area is 91.4 Å². The van der Waals surface area contributed by atoms with Crippen molar-refractivity contribution >= 4 is 10.8 Å². The minimum atomic E-state index is -0.488. The molecule has 0 saturated heterocycles. The van der Waals surface area contributed by atoms with Crippen LogP contribution in [0, 0.1) is 0 Å². The third-order valence-corrected chi connectivity index (χ3v) is 2.39. The maximum absolute atomic E-state index is 11.6. The van der Waals surface area contributed by atoms with Crippen molar-refractivity contribution in [2.24, 2.45) is 0 Å². The molecule has 0 aliphatic carbocycles. The second kappa shape index (κ2) is 3.77. The minimum absolute atomic E-state index is 0.377. The number of ether oxygens (including phenoxy) is 2. The molecule has 0 amide bonds. The van der Waals surface area contributed by atoms with Gasteiger partial charge in [-0.05, 0) is 23.6 Å². The SMILES string of the molecule is COc1cc2ccn(O)c(=O)c2cc1OC. The normalized spacial score (nSPS) is 10.4. The van der Waals surface area contributed by atoms with Gasteiger partial charge in [-0.2, -0.15) is 4.73 Å². The first-order valence-corrected chi connectivity index (χ1v) is 4.64. The Balaban J connectivity index is 2.84. The lowest BCUT2D eigenvalue weighted by atomic mass is 10.1. The molecule has 84 valence electrons. The number of nitrogens with zero attached hydrogens (tertiary/aromatic N) is 1. The van der Waals surface area contributed by atoms with Gasteiger partial charge in [-0.3, -0.25) is 4.79 Å². The van der Waals surface area contributed by atoms with Crippen LogP contribution in [-0.4, -0.2) is 24.2 Å². The Hall–Kier alpha value is -2.17. The van der Waals surface area contributed by atoms with Gasteiger partial charge in [0.05, 0.1) is 19.6 Å². The molecule has 1 aromatic heterocycles. The lowest BCUT2D eigenvalue weighted by Crippen LogP contribution is -2.16. The molecule has 1 N–H and O–H groups in total. The number of fused-ring (bicyclic) bond motifs is 1. The monoisotopic (exact) mass is 221 g/mol. The highest BCUT2D eigenvalue weighted by Crippen LogP contribution is 2.30. The number of aromatic nitrogens is 1. The van der Waals surface area contributed by atoms with Gasteiger partial charge in [-0.25, -0.2) is 0 Å². The maximum atomic E-state index is 11.6. The number of rotatable bonds is 2. The van der Waals surface area contributed by atoms with Gasteiger partial charge in [-0.1, -0.05) is 0 Å². The summed E-state index contributed by atoms with van der Waals surface area (Å²) in [4.78, 5) is 11.6. The Morgan fingerprint density at radius 2 is 1.81 bits per heavy atom. The Morgan fingerprint density at radius 1 is 1.19 bits per heavy atom. The number of methoxy groups -OCH3 is 2. The Bertz CT molecular complexity index is 588. The van der Waals surface area contributed by atoms with Crippen LogP contribution in [0.4, 0.5) is 0 Å². The molecular formula is C11H11NO4. The molecule has 0 unspecified atom stereocenters. The van der Waals surface area contributed by atoms with Crippen LogP contribution < -0.4 is 15.0 Å². The summed E-state index contributed by atoms with van der Waals surface area (Å²) < 4.78 is 10.7. The van der Waals surface area contributed by atoms with E-state index in [2.05, 4.69) is 0 Å². The van der Waals surface area contributed by atoms with E-state index < -0.39 is 5.56 Å². The number of hydrogen-bond donors (Lipinski definition) is 1. The molecule has 0 fully saturated rings. The van der Waals surface area contributed by atoms with Gasteiger partial charge >= 0.3 is 0 Å². The predicted octanol–water partition coefficient (Wildman–Crippen LogP) is 1.26. The van der Waals surface area contributed by atoms with E-state index >= 15 is 0 Å². The standard InChI is InChI=1S/C11H11NO4/c1-15-9-5-7-3-4-12(14)11(13)8(7)6-10(9)16-2/h3-6,14H,1-2H3. The molecule has 16 heavy (non-hydrogen) atoms. The zero-order chi connectivity index (χ0) is 11.7. The molecule has 0 aliphatic heterocycles. The average molecular weight is 221 g/mol. The first-order valence-electron chi connectivity index (χ1n) is 4.64. The quantitative estimate of drug-likeness (QED) is 0.775. The van der Waals surface area contributed by atoms with Crippen molar-refractivity contribution in [1.82, 2.24) is 4.73 Å². The van der Waals surface area contributed by atoms with Crippen molar-refractivity contribution in [2.75, 3.05) is 14.2 Å². The van der Waals surface area contributed by atoms with Crippen LogP contribution in [-0.2, 0) is 0 Å². The van der Waals surface area contributed by atoms with Crippen LogP contribution in [0.3, 0.4) is 0 Å². The van der Waals surface area contributed by atoms with Gasteiger partial charge in [0, 0.05) is 6.20 Å². The maximum Gasteiger partial charge on any atom is 0.290 e. The van der Waals surface area contributed by atoms with E-state index in [4.69, 9.17) is 9.47 Å². The molecule has 1 aromatic carbocycles. The lowest BCUT2D eigenvalue weighted by molar-refractivity contribution is 0.176. The highest BCUT2D eigenvalue weighted by atomic mass is 16.5. The fourth-order valence-corrected chi connectivity index (χ4v) is 1.56. The second-order valence-electron chi connectivity index (χ2n) is 3.26. The van der Waals surface area contributed by atoms with E-state index in [0.717, 1.165) is 0 Å². The van der Waals surface area contributed by atoms with Gasteiger partial charge in [-0.15, -0.1) is 0 Å². The smallest absolute Gasteiger partial charge is 0.290 e. The lowest BCUT2D eigenvalue weighted by Gasteiger charge is -2.08. The van der Waals surface area contributed by atoms with Crippen molar-refractivity contribution in [1.29, 1.82) is 0 Å². The van der Waals surface area contributed by atoms with Gasteiger partial charge in [0.2, 0.25) is 0 Å². The van der Waals surface area contributed by atoms with Gasteiger partial charge in [0.25, 0.3) is 5.56 Å². The van der Waals surface area contributed by atoms with E-state index in [1.54, 1.807) is 18.2 Å². The molecule has 0 radical (unpaired) electrons. The van der Waals surface area contributed by atoms with E-state index in [9.17, 15) is 10.0 Å². The number of hydrogen-bond acceptors (Lipinski definition) is 4. The summed E-state index contributed by atoms with van der Waals surface area (Å²) in [6.45, 7) is 0. The summed E-state index contributed by atoms with van der Waals surface area (Å²) >= 11 is 0. The van der Waals surface area contributed by atoms with E-state index in [1.165, 1.54) is 20.4 Å². The van der Waals surface area contributed by atoms with Crippen molar-refractivity contribution in [2.45, 2.75) is 0 Å². The van der Waals surface area contributed by atoms with Gasteiger partial charge in [0.15, 0.2) is 11.5 Å². The zero-order valence-electron chi connectivity index (χ0n) is 8.93. The third-order valence-electron chi connectivity index (χ3n) is 2.39. The predicted molar refractivity (Wildman–Crippen MR) is 58.5 cm³/mol. The third kappa shape index (κ3) is 1.46. The first kappa shape index (κ1) is 10.4. The van der Waals surface area contributed by atoms with Crippen LogP contribution in [0.5, 0.6) is 11.5 Å². The van der Waals surface area contributed by atoms with E-state index in [0.29, 0.717) is 27.0 Å². The minimum Gasteiger partial charge on any atom is -0.493 e. The fraction of sp³-hybridized carbons (Fsp3) is 0.182. The number of benzene rings is 1. The van der Waals surface area contributed by atoms with Gasteiger partial charge < -0.3 is 14.7 Å². The van der Waals surface area contributed by atoms with Crippen LogP contribution >= 0.6 is 0 Å². The first-order chi connectivity index (χ1) is 7.67. The highest BCUT2D eigenvalue weighted by Gasteiger charge is 2.09.